The number of anilines is 1. The number of pyridine rings is 1. The van der Waals surface area contributed by atoms with Gasteiger partial charge in [0.25, 0.3) is 11.9 Å². The van der Waals surface area contributed by atoms with Gasteiger partial charge >= 0.3 is 0 Å². The smallest absolute Gasteiger partial charge is 0.295 e. The minimum Gasteiger partial charge on any atom is -0.487 e. The molecule has 3 heterocycles. The molecule has 1 amide bonds. The van der Waals surface area contributed by atoms with Crippen LogP contribution in [0.5, 0.6) is 5.75 Å². The molecule has 0 radical (unpaired) electrons. The third-order valence-electron chi connectivity index (χ3n) is 4.95. The normalized spacial score (nSPS) is 14.3. The zero-order valence-corrected chi connectivity index (χ0v) is 18.2. The van der Waals surface area contributed by atoms with Crippen molar-refractivity contribution in [1.82, 2.24) is 14.9 Å². The van der Waals surface area contributed by atoms with Crippen molar-refractivity contribution in [3.63, 3.8) is 0 Å². The van der Waals surface area contributed by atoms with E-state index in [-0.39, 0.29) is 12.0 Å². The molecule has 3 aromatic rings. The topological polar surface area (TPSA) is 89.7 Å². The van der Waals surface area contributed by atoms with Gasteiger partial charge in [-0.05, 0) is 44.5 Å². The first-order valence-electron chi connectivity index (χ1n) is 10.7. The van der Waals surface area contributed by atoms with Crippen LogP contribution in [0.3, 0.4) is 0 Å². The fraction of sp³-hybridized carbons (Fsp3) is 0.435. The quantitative estimate of drug-likeness (QED) is 0.614. The summed E-state index contributed by atoms with van der Waals surface area (Å²) in [4.78, 5) is 23.6. The van der Waals surface area contributed by atoms with Crippen molar-refractivity contribution < 1.29 is 18.7 Å². The number of morpholine rings is 1. The van der Waals surface area contributed by atoms with Crippen LogP contribution >= 0.6 is 0 Å². The van der Waals surface area contributed by atoms with Crippen molar-refractivity contribution in [2.24, 2.45) is 0 Å². The minimum atomic E-state index is -0.0234. The number of ether oxygens (including phenoxy) is 2. The maximum atomic E-state index is 12.7. The van der Waals surface area contributed by atoms with E-state index in [1.807, 2.05) is 38.1 Å². The van der Waals surface area contributed by atoms with Gasteiger partial charge in [0.15, 0.2) is 11.3 Å². The summed E-state index contributed by atoms with van der Waals surface area (Å²) >= 11 is 0. The first-order valence-corrected chi connectivity index (χ1v) is 10.7. The molecule has 2 aromatic heterocycles. The largest absolute Gasteiger partial charge is 0.487 e. The van der Waals surface area contributed by atoms with Crippen LogP contribution in [0.4, 0.5) is 6.01 Å². The molecule has 0 bridgehead atoms. The second-order valence-electron chi connectivity index (χ2n) is 7.77. The Hall–Kier alpha value is -3.13. The summed E-state index contributed by atoms with van der Waals surface area (Å²) in [5.74, 6) is 0.597. The molecule has 1 saturated heterocycles. The molecule has 1 aromatic carbocycles. The van der Waals surface area contributed by atoms with Crippen LogP contribution in [0.1, 0.15) is 37.6 Å². The van der Waals surface area contributed by atoms with Gasteiger partial charge < -0.3 is 24.1 Å². The summed E-state index contributed by atoms with van der Waals surface area (Å²) in [6.45, 7) is 9.15. The standard InChI is InChI=1S/C23H28N4O4/c1-4-7-24-23-26-19-12-17(13-20(21(19)31-23)30-15(2)3)18-6-5-16(14-25-18)22(28)27-8-10-29-11-9-27/h5-6,12-15H,4,7-11H2,1-3H3,(H,24,26). The number of hydrogen-bond donors (Lipinski definition) is 1. The molecule has 8 nitrogen and oxygen atoms in total. The third-order valence-corrected chi connectivity index (χ3v) is 4.95. The van der Waals surface area contributed by atoms with Crippen LogP contribution in [0, 0.1) is 0 Å². The van der Waals surface area contributed by atoms with Gasteiger partial charge in [-0.15, -0.1) is 0 Å². The highest BCUT2D eigenvalue weighted by Gasteiger charge is 2.20. The number of oxazole rings is 1. The average molecular weight is 425 g/mol. The molecule has 0 aliphatic carbocycles. The fourth-order valence-corrected chi connectivity index (χ4v) is 3.44. The molecule has 1 aliphatic heterocycles. The van der Waals surface area contributed by atoms with Gasteiger partial charge in [-0.1, -0.05) is 6.92 Å². The lowest BCUT2D eigenvalue weighted by atomic mass is 10.1. The first kappa shape index (κ1) is 21.1. The van der Waals surface area contributed by atoms with Crippen LogP contribution in [0.15, 0.2) is 34.9 Å². The predicted molar refractivity (Wildman–Crippen MR) is 119 cm³/mol. The van der Waals surface area contributed by atoms with E-state index in [1.165, 1.54) is 0 Å². The Morgan fingerprint density at radius 1 is 1.26 bits per heavy atom. The Morgan fingerprint density at radius 2 is 2.06 bits per heavy atom. The van der Waals surface area contributed by atoms with Gasteiger partial charge in [-0.2, -0.15) is 4.98 Å². The van der Waals surface area contributed by atoms with Crippen LogP contribution in [0.25, 0.3) is 22.4 Å². The van der Waals surface area contributed by atoms with E-state index in [0.29, 0.717) is 54.7 Å². The average Bonchev–Trinajstić information content (AvgIpc) is 3.21. The molecule has 0 unspecified atom stereocenters. The highest BCUT2D eigenvalue weighted by atomic mass is 16.5. The van der Waals surface area contributed by atoms with E-state index in [9.17, 15) is 4.79 Å². The van der Waals surface area contributed by atoms with Crippen molar-refractivity contribution in [1.29, 1.82) is 0 Å². The number of nitrogens with zero attached hydrogens (tertiary/aromatic N) is 3. The third kappa shape index (κ3) is 4.80. The number of amides is 1. The summed E-state index contributed by atoms with van der Waals surface area (Å²) < 4.78 is 17.2. The number of rotatable bonds is 7. The van der Waals surface area contributed by atoms with E-state index in [0.717, 1.165) is 24.2 Å². The summed E-state index contributed by atoms with van der Waals surface area (Å²) in [5.41, 5.74) is 3.46. The highest BCUT2D eigenvalue weighted by Crippen LogP contribution is 2.34. The summed E-state index contributed by atoms with van der Waals surface area (Å²) in [7, 11) is 0. The summed E-state index contributed by atoms with van der Waals surface area (Å²) in [5, 5.41) is 3.17. The number of aromatic nitrogens is 2. The van der Waals surface area contributed by atoms with Gasteiger partial charge in [-0.25, -0.2) is 0 Å². The van der Waals surface area contributed by atoms with Crippen molar-refractivity contribution in [2.75, 3.05) is 38.2 Å². The Labute approximate surface area is 181 Å². The number of nitrogens with one attached hydrogen (secondary N) is 1. The molecule has 1 N–H and O–H groups in total. The molecule has 0 saturated carbocycles. The number of carbonyl (C=O) groups excluding carboxylic acids is 1. The lowest BCUT2D eigenvalue weighted by Crippen LogP contribution is -2.40. The molecule has 1 aliphatic rings. The molecule has 4 rings (SSSR count). The molecule has 164 valence electrons. The van der Waals surface area contributed by atoms with Gasteiger partial charge in [0, 0.05) is 31.4 Å². The van der Waals surface area contributed by atoms with Crippen LogP contribution in [-0.2, 0) is 4.74 Å². The van der Waals surface area contributed by atoms with Gasteiger partial charge in [0.1, 0.15) is 5.52 Å². The summed E-state index contributed by atoms with van der Waals surface area (Å²) in [6, 6.07) is 7.97. The maximum Gasteiger partial charge on any atom is 0.295 e. The number of carbonyl (C=O) groups is 1. The minimum absolute atomic E-state index is 0.0166. The Bertz CT molecular complexity index is 1040. The Kier molecular flexibility index (Phi) is 6.36. The molecule has 8 heteroatoms. The van der Waals surface area contributed by atoms with Crippen LogP contribution in [0.2, 0.25) is 0 Å². The Morgan fingerprint density at radius 3 is 2.74 bits per heavy atom. The highest BCUT2D eigenvalue weighted by molar-refractivity contribution is 5.94. The Balaban J connectivity index is 1.63. The lowest BCUT2D eigenvalue weighted by molar-refractivity contribution is 0.0302. The predicted octanol–water partition coefficient (Wildman–Crippen LogP) is 3.97. The lowest BCUT2D eigenvalue weighted by Gasteiger charge is -2.26. The van der Waals surface area contributed by atoms with E-state index in [4.69, 9.17) is 13.9 Å². The fourth-order valence-electron chi connectivity index (χ4n) is 3.44. The molecule has 31 heavy (non-hydrogen) atoms. The maximum absolute atomic E-state index is 12.7. The SMILES string of the molecule is CCCNc1nc2cc(-c3ccc(C(=O)N4CCOCC4)cn3)cc(OC(C)C)c2o1. The second kappa shape index (κ2) is 9.34. The number of fused-ring (bicyclic) bond motifs is 1. The zero-order chi connectivity index (χ0) is 21.8. The van der Waals surface area contributed by atoms with Crippen molar-refractivity contribution in [3.05, 3.63) is 36.0 Å². The van der Waals surface area contributed by atoms with Crippen molar-refractivity contribution in [2.45, 2.75) is 33.3 Å². The number of benzene rings is 1. The van der Waals surface area contributed by atoms with Gasteiger partial charge in [0.05, 0.1) is 30.6 Å². The van der Waals surface area contributed by atoms with Crippen molar-refractivity contribution in [3.8, 4) is 17.0 Å². The van der Waals surface area contributed by atoms with Crippen molar-refractivity contribution >= 4 is 23.0 Å². The monoisotopic (exact) mass is 424 g/mol. The van der Waals surface area contributed by atoms with E-state index >= 15 is 0 Å². The van der Waals surface area contributed by atoms with E-state index in [2.05, 4.69) is 22.2 Å². The first-order chi connectivity index (χ1) is 15.0. The van der Waals surface area contributed by atoms with Gasteiger partial charge in [0.2, 0.25) is 0 Å². The number of hydrogen-bond acceptors (Lipinski definition) is 7. The van der Waals surface area contributed by atoms with Gasteiger partial charge in [-0.3, -0.25) is 9.78 Å². The van der Waals surface area contributed by atoms with E-state index < -0.39 is 0 Å². The van der Waals surface area contributed by atoms with Crippen LogP contribution in [-0.4, -0.2) is 59.7 Å². The molecule has 1 fully saturated rings. The molecular weight excluding hydrogens is 396 g/mol. The second-order valence-corrected chi connectivity index (χ2v) is 7.77. The molecule has 0 atom stereocenters. The molecule has 0 spiro atoms. The van der Waals surface area contributed by atoms with E-state index in [1.54, 1.807) is 11.1 Å². The summed E-state index contributed by atoms with van der Waals surface area (Å²) in [6.07, 6.45) is 2.58. The molecular formula is C23H28N4O4. The van der Waals surface area contributed by atoms with Crippen LogP contribution < -0.4 is 10.1 Å². The zero-order valence-electron chi connectivity index (χ0n) is 18.2.